The van der Waals surface area contributed by atoms with E-state index in [2.05, 4.69) is 9.36 Å². The van der Waals surface area contributed by atoms with Gasteiger partial charge in [-0.15, -0.1) is 0 Å². The Kier molecular flexibility index (Phi) is 3.95. The third kappa shape index (κ3) is 2.91. The zero-order valence-electron chi connectivity index (χ0n) is 9.86. The van der Waals surface area contributed by atoms with Crippen molar-refractivity contribution < 1.29 is 19.2 Å². The van der Waals surface area contributed by atoms with Gasteiger partial charge < -0.3 is 5.11 Å². The lowest BCUT2D eigenvalue weighted by molar-refractivity contribution is -0.387. The summed E-state index contributed by atoms with van der Waals surface area (Å²) in [6.07, 6.45) is 0. The first kappa shape index (κ1) is 14.3. The number of nitro groups is 1. The van der Waals surface area contributed by atoms with Crippen molar-refractivity contribution in [2.75, 3.05) is 0 Å². The fraction of sp³-hybridized carbons (Fsp3) is 0.100. The summed E-state index contributed by atoms with van der Waals surface area (Å²) in [7, 11) is 0. The van der Waals surface area contributed by atoms with Crippen LogP contribution in [-0.4, -0.2) is 25.4 Å². The summed E-state index contributed by atoms with van der Waals surface area (Å²) in [4.78, 5) is 24.9. The van der Waals surface area contributed by atoms with Crippen molar-refractivity contribution in [3.63, 3.8) is 0 Å². The Labute approximate surface area is 119 Å². The predicted molar refractivity (Wildman–Crippen MR) is 68.8 cm³/mol. The highest BCUT2D eigenvalue weighted by Gasteiger charge is 2.23. The third-order valence-corrected chi connectivity index (χ3v) is 4.07. The minimum absolute atomic E-state index is 0.0198. The number of hydrogen-bond donors (Lipinski definition) is 1. The summed E-state index contributed by atoms with van der Waals surface area (Å²) < 4.78 is 17.9. The Bertz CT molecular complexity index is 704. The highest BCUT2D eigenvalue weighted by atomic mass is 32.2. The lowest BCUT2D eigenvalue weighted by atomic mass is 10.2. The molecule has 1 aromatic heterocycles. The van der Waals surface area contributed by atoms with Gasteiger partial charge in [0.15, 0.2) is 4.34 Å². The molecule has 1 aromatic carbocycles. The van der Waals surface area contributed by atoms with Crippen molar-refractivity contribution in [3.8, 4) is 0 Å². The summed E-state index contributed by atoms with van der Waals surface area (Å²) in [5, 5.41) is 19.7. The van der Waals surface area contributed by atoms with Gasteiger partial charge in [-0.3, -0.25) is 10.1 Å². The van der Waals surface area contributed by atoms with Crippen LogP contribution in [0.5, 0.6) is 0 Å². The lowest BCUT2D eigenvalue weighted by Gasteiger charge is -2.03. The van der Waals surface area contributed by atoms with E-state index in [0.29, 0.717) is 16.2 Å². The molecule has 0 radical (unpaired) electrons. The van der Waals surface area contributed by atoms with Crippen molar-refractivity contribution in [2.45, 2.75) is 16.2 Å². The summed E-state index contributed by atoms with van der Waals surface area (Å²) in [5.41, 5.74) is -1.23. The molecule has 0 saturated carbocycles. The molecule has 0 atom stereocenters. The molecule has 0 fully saturated rings. The fourth-order valence-electron chi connectivity index (χ4n) is 1.35. The average Bonchev–Trinajstić information content (AvgIpc) is 2.74. The SMILES string of the molecule is Cc1nsc(Sc2cc(F)c(C(=O)O)cc2[N+](=O)[O-])n1. The first-order valence-electron chi connectivity index (χ1n) is 5.08. The molecule has 0 aliphatic carbocycles. The minimum atomic E-state index is -1.56. The summed E-state index contributed by atoms with van der Waals surface area (Å²) in [6, 6.07) is 1.52. The van der Waals surface area contributed by atoms with E-state index in [1.165, 1.54) is 0 Å². The van der Waals surface area contributed by atoms with Gasteiger partial charge >= 0.3 is 5.97 Å². The van der Waals surface area contributed by atoms with Crippen LogP contribution in [-0.2, 0) is 0 Å². The monoisotopic (exact) mass is 315 g/mol. The van der Waals surface area contributed by atoms with Crippen molar-refractivity contribution >= 4 is 35.0 Å². The number of nitro benzene ring substituents is 1. The van der Waals surface area contributed by atoms with Crippen LogP contribution in [0.25, 0.3) is 0 Å². The molecule has 0 amide bonds. The molecular weight excluding hydrogens is 309 g/mol. The van der Waals surface area contributed by atoms with E-state index in [9.17, 15) is 19.3 Å². The van der Waals surface area contributed by atoms with E-state index in [1.807, 2.05) is 0 Å². The maximum absolute atomic E-state index is 13.6. The van der Waals surface area contributed by atoms with Crippen molar-refractivity contribution in [1.82, 2.24) is 9.36 Å². The highest BCUT2D eigenvalue weighted by Crippen LogP contribution is 2.37. The van der Waals surface area contributed by atoms with E-state index in [4.69, 9.17) is 5.11 Å². The normalized spacial score (nSPS) is 10.5. The van der Waals surface area contributed by atoms with Gasteiger partial charge in [0.25, 0.3) is 5.69 Å². The molecule has 0 unspecified atom stereocenters. The smallest absolute Gasteiger partial charge is 0.338 e. The number of rotatable bonds is 4. The number of nitrogens with zero attached hydrogens (tertiary/aromatic N) is 3. The number of halogens is 1. The number of hydrogen-bond acceptors (Lipinski definition) is 7. The molecule has 0 aliphatic heterocycles. The molecule has 10 heteroatoms. The maximum Gasteiger partial charge on any atom is 0.338 e. The van der Waals surface area contributed by atoms with Gasteiger partial charge in [0.1, 0.15) is 17.2 Å². The Morgan fingerprint density at radius 3 is 2.75 bits per heavy atom. The average molecular weight is 315 g/mol. The summed E-state index contributed by atoms with van der Waals surface area (Å²) in [6.45, 7) is 1.66. The number of benzene rings is 1. The topological polar surface area (TPSA) is 106 Å². The largest absolute Gasteiger partial charge is 0.478 e. The molecule has 0 aliphatic rings. The zero-order valence-corrected chi connectivity index (χ0v) is 11.5. The first-order valence-corrected chi connectivity index (χ1v) is 6.67. The van der Waals surface area contributed by atoms with Crippen molar-refractivity contribution in [2.24, 2.45) is 0 Å². The molecule has 7 nitrogen and oxygen atoms in total. The van der Waals surface area contributed by atoms with Crippen LogP contribution >= 0.6 is 23.3 Å². The zero-order chi connectivity index (χ0) is 14.9. The van der Waals surface area contributed by atoms with E-state index in [1.54, 1.807) is 6.92 Å². The number of aromatic nitrogens is 2. The van der Waals surface area contributed by atoms with Gasteiger partial charge in [-0.2, -0.15) is 4.37 Å². The summed E-state index contributed by atoms with van der Waals surface area (Å²) >= 11 is 1.89. The van der Waals surface area contributed by atoms with Crippen LogP contribution in [0.2, 0.25) is 0 Å². The second kappa shape index (κ2) is 5.51. The highest BCUT2D eigenvalue weighted by molar-refractivity contribution is 8.01. The van der Waals surface area contributed by atoms with Crippen LogP contribution in [0.1, 0.15) is 16.2 Å². The Hall–Kier alpha value is -2.07. The second-order valence-electron chi connectivity index (χ2n) is 3.57. The van der Waals surface area contributed by atoms with E-state index in [-0.39, 0.29) is 4.90 Å². The lowest BCUT2D eigenvalue weighted by Crippen LogP contribution is -2.03. The quantitative estimate of drug-likeness (QED) is 0.683. The molecule has 1 heterocycles. The van der Waals surface area contributed by atoms with Crippen molar-refractivity contribution in [1.29, 1.82) is 0 Å². The van der Waals surface area contributed by atoms with Crippen LogP contribution in [0.3, 0.4) is 0 Å². The Morgan fingerprint density at radius 1 is 1.55 bits per heavy atom. The van der Waals surface area contributed by atoms with Gasteiger partial charge in [-0.05, 0) is 24.5 Å². The molecule has 2 rings (SSSR count). The van der Waals surface area contributed by atoms with Crippen molar-refractivity contribution in [3.05, 3.63) is 39.5 Å². The number of carbonyl (C=O) groups is 1. The Morgan fingerprint density at radius 2 is 2.25 bits per heavy atom. The minimum Gasteiger partial charge on any atom is -0.478 e. The molecule has 104 valence electrons. The Balaban J connectivity index is 2.48. The number of aromatic carboxylic acids is 1. The molecular formula is C10H6FN3O4S2. The molecule has 0 spiro atoms. The standard InChI is InChI=1S/C10H6FN3O4S2/c1-4-12-10(20-13-4)19-8-3-6(11)5(9(15)16)2-7(8)14(17)18/h2-3H,1H3,(H,15,16). The fourth-order valence-corrected chi connectivity index (χ4v) is 3.07. The van der Waals surface area contributed by atoms with Crippen LogP contribution in [0.15, 0.2) is 21.4 Å². The van der Waals surface area contributed by atoms with Crippen LogP contribution in [0.4, 0.5) is 10.1 Å². The van der Waals surface area contributed by atoms with Gasteiger partial charge in [-0.1, -0.05) is 11.8 Å². The van der Waals surface area contributed by atoms with E-state index >= 15 is 0 Å². The van der Waals surface area contributed by atoms with E-state index < -0.39 is 28.0 Å². The predicted octanol–water partition coefficient (Wildman–Crippen LogP) is 2.74. The van der Waals surface area contributed by atoms with Gasteiger partial charge in [-0.25, -0.2) is 14.2 Å². The first-order chi connectivity index (χ1) is 9.38. The van der Waals surface area contributed by atoms with Gasteiger partial charge in [0.05, 0.1) is 9.82 Å². The molecule has 1 N–H and O–H groups in total. The number of aryl methyl sites for hydroxylation is 1. The molecule has 0 saturated heterocycles. The van der Waals surface area contributed by atoms with Gasteiger partial charge in [0.2, 0.25) is 0 Å². The maximum atomic E-state index is 13.6. The second-order valence-corrected chi connectivity index (χ2v) is 5.61. The van der Waals surface area contributed by atoms with Crippen LogP contribution < -0.4 is 0 Å². The van der Waals surface area contributed by atoms with E-state index in [0.717, 1.165) is 29.4 Å². The van der Waals surface area contributed by atoms with Gasteiger partial charge in [0, 0.05) is 6.07 Å². The number of carboxylic acids is 1. The third-order valence-electron chi connectivity index (χ3n) is 2.18. The molecule has 20 heavy (non-hydrogen) atoms. The molecule has 0 bridgehead atoms. The molecule has 2 aromatic rings. The summed E-state index contributed by atoms with van der Waals surface area (Å²) in [5.74, 6) is -2.09. The number of carboxylic acid groups (broad SMARTS) is 1. The van der Waals surface area contributed by atoms with Crippen LogP contribution in [0, 0.1) is 22.9 Å².